The third-order valence-electron chi connectivity index (χ3n) is 2.79. The normalized spacial score (nSPS) is 36.5. The number of hydrogen-bond donors (Lipinski definition) is 0. The van der Waals surface area contributed by atoms with E-state index < -0.39 is 0 Å². The zero-order valence-electron chi connectivity index (χ0n) is 7.99. The van der Waals surface area contributed by atoms with Gasteiger partial charge in [0.2, 0.25) is 0 Å². The maximum atomic E-state index is 11.2. The number of carbonyl (C=O) groups is 1. The van der Waals surface area contributed by atoms with Crippen molar-refractivity contribution in [2.24, 2.45) is 0 Å². The summed E-state index contributed by atoms with van der Waals surface area (Å²) in [6.07, 6.45) is 5.14. The van der Waals surface area contributed by atoms with E-state index in [0.717, 1.165) is 25.7 Å². The van der Waals surface area contributed by atoms with Gasteiger partial charge in [-0.3, -0.25) is 4.79 Å². The van der Waals surface area contributed by atoms with Crippen LogP contribution in [-0.2, 0) is 14.3 Å². The number of fused-ring (bicyclic) bond motifs is 2. The van der Waals surface area contributed by atoms with Crippen molar-refractivity contribution in [1.82, 2.24) is 0 Å². The summed E-state index contributed by atoms with van der Waals surface area (Å²) >= 11 is 0. The highest BCUT2D eigenvalue weighted by Gasteiger charge is 2.42. The molecule has 0 radical (unpaired) electrons. The van der Waals surface area contributed by atoms with Gasteiger partial charge in [-0.2, -0.15) is 0 Å². The molecule has 0 saturated carbocycles. The van der Waals surface area contributed by atoms with Gasteiger partial charge in [0.05, 0.1) is 12.2 Å². The highest BCUT2D eigenvalue weighted by Crippen LogP contribution is 2.36. The van der Waals surface area contributed by atoms with Gasteiger partial charge in [-0.1, -0.05) is 6.92 Å². The van der Waals surface area contributed by atoms with Crippen molar-refractivity contribution >= 4 is 5.97 Å². The zero-order chi connectivity index (χ0) is 9.26. The fraction of sp³-hybridized carbons (Fsp3) is 0.900. The molecular weight excluding hydrogens is 168 g/mol. The summed E-state index contributed by atoms with van der Waals surface area (Å²) in [4.78, 5) is 11.2. The van der Waals surface area contributed by atoms with E-state index in [1.54, 1.807) is 0 Å². The van der Waals surface area contributed by atoms with Gasteiger partial charge < -0.3 is 9.47 Å². The van der Waals surface area contributed by atoms with Crippen molar-refractivity contribution in [2.45, 2.75) is 57.3 Å². The van der Waals surface area contributed by atoms with E-state index >= 15 is 0 Å². The predicted molar refractivity (Wildman–Crippen MR) is 47.3 cm³/mol. The van der Waals surface area contributed by atoms with Crippen molar-refractivity contribution in [2.75, 3.05) is 0 Å². The molecule has 0 aromatic rings. The van der Waals surface area contributed by atoms with Crippen LogP contribution in [0.25, 0.3) is 0 Å². The molecular formula is C10H16O3. The Morgan fingerprint density at radius 3 is 2.92 bits per heavy atom. The van der Waals surface area contributed by atoms with Crippen molar-refractivity contribution in [1.29, 1.82) is 0 Å². The Kier molecular flexibility index (Phi) is 2.54. The topological polar surface area (TPSA) is 35.5 Å². The number of carbonyl (C=O) groups excluding carboxylic acids is 1. The summed E-state index contributed by atoms with van der Waals surface area (Å²) in [5.74, 6) is -0.0661. The van der Waals surface area contributed by atoms with Crippen LogP contribution < -0.4 is 0 Å². The van der Waals surface area contributed by atoms with Crippen LogP contribution in [0.1, 0.15) is 39.0 Å². The molecule has 13 heavy (non-hydrogen) atoms. The molecule has 3 unspecified atom stereocenters. The van der Waals surface area contributed by atoms with Gasteiger partial charge in [0.1, 0.15) is 6.10 Å². The number of hydrogen-bond acceptors (Lipinski definition) is 3. The average Bonchev–Trinajstić information content (AvgIpc) is 2.65. The highest BCUT2D eigenvalue weighted by molar-refractivity contribution is 5.69. The molecule has 2 aliphatic heterocycles. The maximum Gasteiger partial charge on any atom is 0.306 e. The van der Waals surface area contributed by atoms with Gasteiger partial charge in [0.25, 0.3) is 0 Å². The summed E-state index contributed by atoms with van der Waals surface area (Å²) in [5, 5.41) is 0. The molecule has 2 saturated heterocycles. The van der Waals surface area contributed by atoms with Crippen molar-refractivity contribution in [3.05, 3.63) is 0 Å². The van der Waals surface area contributed by atoms with E-state index in [-0.39, 0.29) is 18.2 Å². The minimum atomic E-state index is -0.0661. The first-order valence-electron chi connectivity index (χ1n) is 5.14. The lowest BCUT2D eigenvalue weighted by atomic mass is 9.98. The van der Waals surface area contributed by atoms with E-state index in [1.165, 1.54) is 0 Å². The van der Waals surface area contributed by atoms with E-state index in [0.29, 0.717) is 12.5 Å². The van der Waals surface area contributed by atoms with Crippen LogP contribution in [0.3, 0.4) is 0 Å². The first kappa shape index (κ1) is 9.00. The molecule has 0 amide bonds. The van der Waals surface area contributed by atoms with Crippen LogP contribution >= 0.6 is 0 Å². The molecule has 0 N–H and O–H groups in total. The second-order valence-corrected chi connectivity index (χ2v) is 3.89. The van der Waals surface area contributed by atoms with Crippen LogP contribution in [-0.4, -0.2) is 24.3 Å². The first-order chi connectivity index (χ1) is 6.29. The van der Waals surface area contributed by atoms with Gasteiger partial charge in [-0.15, -0.1) is 0 Å². The summed E-state index contributed by atoms with van der Waals surface area (Å²) in [6, 6.07) is 0. The monoisotopic (exact) mass is 184 g/mol. The summed E-state index contributed by atoms with van der Waals surface area (Å²) in [7, 11) is 0. The van der Waals surface area contributed by atoms with Gasteiger partial charge in [-0.05, 0) is 19.3 Å². The van der Waals surface area contributed by atoms with Crippen molar-refractivity contribution < 1.29 is 14.3 Å². The predicted octanol–water partition coefficient (Wildman–Crippen LogP) is 1.65. The number of esters is 1. The molecule has 0 aromatic heterocycles. The van der Waals surface area contributed by atoms with E-state index in [9.17, 15) is 4.79 Å². The molecule has 0 spiro atoms. The van der Waals surface area contributed by atoms with Crippen molar-refractivity contribution in [3.8, 4) is 0 Å². The Bertz CT molecular complexity index is 202. The molecule has 3 heteroatoms. The van der Waals surface area contributed by atoms with Gasteiger partial charge in [0, 0.05) is 12.8 Å². The Morgan fingerprint density at radius 2 is 2.38 bits per heavy atom. The smallest absolute Gasteiger partial charge is 0.306 e. The lowest BCUT2D eigenvalue weighted by Crippen LogP contribution is -2.28. The molecule has 74 valence electrons. The molecule has 0 aliphatic carbocycles. The summed E-state index contributed by atoms with van der Waals surface area (Å²) < 4.78 is 10.9. The largest absolute Gasteiger partial charge is 0.459 e. The minimum absolute atomic E-state index is 0.0535. The molecule has 3 nitrogen and oxygen atoms in total. The first-order valence-corrected chi connectivity index (χ1v) is 5.14. The van der Waals surface area contributed by atoms with Gasteiger partial charge >= 0.3 is 5.97 Å². The maximum absolute atomic E-state index is 11.2. The molecule has 2 rings (SSSR count). The quantitative estimate of drug-likeness (QED) is 0.626. The number of rotatable bonds is 3. The van der Waals surface area contributed by atoms with Crippen molar-refractivity contribution in [3.63, 3.8) is 0 Å². The van der Waals surface area contributed by atoms with Crippen LogP contribution in [0.4, 0.5) is 0 Å². The number of ether oxygens (including phenoxy) is 2. The Balaban J connectivity index is 1.79. The SMILES string of the molecule is CCCC(=O)OC1CC2CCC1O2. The van der Waals surface area contributed by atoms with Crippen LogP contribution in [0.5, 0.6) is 0 Å². The molecule has 0 aromatic carbocycles. The third kappa shape index (κ3) is 1.85. The fourth-order valence-corrected chi connectivity index (χ4v) is 2.15. The van der Waals surface area contributed by atoms with E-state index in [1.807, 2.05) is 6.92 Å². The van der Waals surface area contributed by atoms with Crippen LogP contribution in [0.15, 0.2) is 0 Å². The third-order valence-corrected chi connectivity index (χ3v) is 2.79. The van der Waals surface area contributed by atoms with E-state index in [4.69, 9.17) is 9.47 Å². The lowest BCUT2D eigenvalue weighted by molar-refractivity contribution is -0.151. The lowest BCUT2D eigenvalue weighted by Gasteiger charge is -2.18. The Hall–Kier alpha value is -0.570. The standard InChI is InChI=1S/C10H16O3/c1-2-3-10(11)13-9-6-7-4-5-8(9)12-7/h7-9H,2-6H2,1H3. The second-order valence-electron chi connectivity index (χ2n) is 3.89. The molecule has 2 bridgehead atoms. The second kappa shape index (κ2) is 3.66. The molecule has 2 fully saturated rings. The fourth-order valence-electron chi connectivity index (χ4n) is 2.15. The zero-order valence-corrected chi connectivity index (χ0v) is 7.99. The summed E-state index contributed by atoms with van der Waals surface area (Å²) in [6.45, 7) is 1.98. The Labute approximate surface area is 78.4 Å². The van der Waals surface area contributed by atoms with Crippen LogP contribution in [0.2, 0.25) is 0 Å². The van der Waals surface area contributed by atoms with Crippen LogP contribution in [0, 0.1) is 0 Å². The van der Waals surface area contributed by atoms with E-state index in [2.05, 4.69) is 0 Å². The Morgan fingerprint density at radius 1 is 1.54 bits per heavy atom. The molecule has 2 aliphatic rings. The minimum Gasteiger partial charge on any atom is -0.459 e. The van der Waals surface area contributed by atoms with Gasteiger partial charge in [0.15, 0.2) is 0 Å². The summed E-state index contributed by atoms with van der Waals surface area (Å²) in [5.41, 5.74) is 0. The molecule has 3 atom stereocenters. The molecule has 2 heterocycles. The average molecular weight is 184 g/mol. The highest BCUT2D eigenvalue weighted by atomic mass is 16.6. The van der Waals surface area contributed by atoms with Gasteiger partial charge in [-0.25, -0.2) is 0 Å².